The topological polar surface area (TPSA) is 14.8 Å². The van der Waals surface area contributed by atoms with Gasteiger partial charge in [-0.05, 0) is 85.3 Å². The van der Waals surface area contributed by atoms with E-state index in [1.165, 1.54) is 77.1 Å². The maximum Gasteiger partial charge on any atom is 0.0562 e. The number of hydrogen-bond donors (Lipinski definition) is 0. The lowest BCUT2D eigenvalue weighted by Gasteiger charge is -2.10. The van der Waals surface area contributed by atoms with E-state index in [0.717, 1.165) is 0 Å². The minimum absolute atomic E-state index is 1.17. The molecule has 3 nitrogen and oxygen atoms in total. The molecule has 0 aliphatic rings. The molecule has 198 valence electrons. The fourth-order valence-corrected chi connectivity index (χ4v) is 6.82. The molecule has 0 N–H and O–H groups in total. The third kappa shape index (κ3) is 3.28. The molecule has 0 fully saturated rings. The van der Waals surface area contributed by atoms with Gasteiger partial charge in [0.25, 0.3) is 0 Å². The summed E-state index contributed by atoms with van der Waals surface area (Å²) in [4.78, 5) is 0. The number of aromatic nitrogens is 3. The van der Waals surface area contributed by atoms with Crippen LogP contribution in [-0.2, 0) is 0 Å². The van der Waals surface area contributed by atoms with Crippen molar-refractivity contribution in [3.8, 4) is 17.1 Å². The monoisotopic (exact) mass is 537 g/mol. The van der Waals surface area contributed by atoms with Crippen LogP contribution in [-0.4, -0.2) is 13.7 Å². The number of hydrogen-bond acceptors (Lipinski definition) is 0. The predicted octanol–water partition coefficient (Wildman–Crippen LogP) is 10.1. The predicted molar refractivity (Wildman–Crippen MR) is 177 cm³/mol. The lowest BCUT2D eigenvalue weighted by molar-refractivity contribution is 1.12. The Balaban J connectivity index is 1.46. The highest BCUT2D eigenvalue weighted by Gasteiger charge is 2.19. The van der Waals surface area contributed by atoms with Gasteiger partial charge in [-0.25, -0.2) is 0 Å². The molecular formula is C39H27N3. The van der Waals surface area contributed by atoms with Crippen LogP contribution >= 0.6 is 0 Å². The van der Waals surface area contributed by atoms with Gasteiger partial charge in [0.1, 0.15) is 0 Å². The number of para-hydroxylation sites is 3. The van der Waals surface area contributed by atoms with Gasteiger partial charge in [0.2, 0.25) is 0 Å². The van der Waals surface area contributed by atoms with Crippen LogP contribution in [0.1, 0.15) is 5.56 Å². The van der Waals surface area contributed by atoms with E-state index >= 15 is 0 Å². The van der Waals surface area contributed by atoms with Gasteiger partial charge in [0, 0.05) is 50.2 Å². The molecule has 0 atom stereocenters. The second-order valence-electron chi connectivity index (χ2n) is 11.2. The second kappa shape index (κ2) is 8.73. The molecule has 0 saturated carbocycles. The number of fused-ring (bicyclic) bond motifs is 7. The summed E-state index contributed by atoms with van der Waals surface area (Å²) in [6, 6.07) is 50.7. The molecule has 9 rings (SSSR count). The van der Waals surface area contributed by atoms with Crippen molar-refractivity contribution in [1.82, 2.24) is 13.7 Å². The van der Waals surface area contributed by atoms with Gasteiger partial charge >= 0.3 is 0 Å². The molecule has 0 bridgehead atoms. The molecule has 9 aromatic rings. The Morgan fingerprint density at radius 3 is 1.74 bits per heavy atom. The molecule has 0 amide bonds. The fraction of sp³-hybridized carbons (Fsp3) is 0.0256. The van der Waals surface area contributed by atoms with Gasteiger partial charge in [-0.1, -0.05) is 66.7 Å². The van der Waals surface area contributed by atoms with Gasteiger partial charge in [-0.3, -0.25) is 0 Å². The molecule has 0 unspecified atom stereocenters. The summed E-state index contributed by atoms with van der Waals surface area (Å²) in [5.41, 5.74) is 10.8. The maximum atomic E-state index is 2.45. The van der Waals surface area contributed by atoms with Gasteiger partial charge < -0.3 is 13.7 Å². The zero-order chi connectivity index (χ0) is 27.8. The first kappa shape index (κ1) is 23.2. The Morgan fingerprint density at radius 2 is 0.976 bits per heavy atom. The molecule has 0 aliphatic heterocycles. The van der Waals surface area contributed by atoms with E-state index in [0.29, 0.717) is 0 Å². The summed E-state index contributed by atoms with van der Waals surface area (Å²) >= 11 is 0. The summed E-state index contributed by atoms with van der Waals surface area (Å²) in [7, 11) is 0. The normalized spacial score (nSPS) is 11.9. The van der Waals surface area contributed by atoms with Gasteiger partial charge in [0.05, 0.1) is 27.6 Å². The van der Waals surface area contributed by atoms with Crippen LogP contribution < -0.4 is 0 Å². The van der Waals surface area contributed by atoms with Crippen molar-refractivity contribution in [1.29, 1.82) is 0 Å². The molecule has 0 radical (unpaired) electrons. The van der Waals surface area contributed by atoms with E-state index in [2.05, 4.69) is 166 Å². The SMILES string of the molecule is Cc1cccc(-n2c3cc4c5ccccc5n(-c5ccccc5)c4cc3c3cc4ccn(-c5ccccc5)c4cc32)c1. The zero-order valence-corrected chi connectivity index (χ0v) is 23.2. The summed E-state index contributed by atoms with van der Waals surface area (Å²) in [5.74, 6) is 0. The number of aryl methyl sites for hydroxylation is 1. The largest absolute Gasteiger partial charge is 0.316 e. The first-order valence-corrected chi connectivity index (χ1v) is 14.4. The van der Waals surface area contributed by atoms with Crippen LogP contribution in [0.4, 0.5) is 0 Å². The fourth-order valence-electron chi connectivity index (χ4n) is 6.82. The van der Waals surface area contributed by atoms with Gasteiger partial charge in [-0.2, -0.15) is 0 Å². The van der Waals surface area contributed by atoms with E-state index in [-0.39, 0.29) is 0 Å². The molecule has 0 saturated heterocycles. The van der Waals surface area contributed by atoms with Crippen molar-refractivity contribution < 1.29 is 0 Å². The van der Waals surface area contributed by atoms with Crippen molar-refractivity contribution in [2.75, 3.05) is 0 Å². The minimum Gasteiger partial charge on any atom is -0.316 e. The van der Waals surface area contributed by atoms with Crippen LogP contribution in [0.2, 0.25) is 0 Å². The lowest BCUT2D eigenvalue weighted by Crippen LogP contribution is -1.96. The highest BCUT2D eigenvalue weighted by Crippen LogP contribution is 2.41. The third-order valence-corrected chi connectivity index (χ3v) is 8.68. The average Bonchev–Trinajstić information content (AvgIpc) is 3.69. The first-order chi connectivity index (χ1) is 20.7. The second-order valence-corrected chi connectivity index (χ2v) is 11.2. The summed E-state index contributed by atoms with van der Waals surface area (Å²) in [6.45, 7) is 2.17. The van der Waals surface area contributed by atoms with Crippen molar-refractivity contribution in [2.24, 2.45) is 0 Å². The highest BCUT2D eigenvalue weighted by molar-refractivity contribution is 6.20. The first-order valence-electron chi connectivity index (χ1n) is 14.4. The smallest absolute Gasteiger partial charge is 0.0562 e. The maximum absolute atomic E-state index is 2.45. The van der Waals surface area contributed by atoms with E-state index in [9.17, 15) is 0 Å². The standard InChI is InChI=1S/C39H27N3/c1-26-11-10-16-30(21-26)42-38-23-33-31-17-8-9-18-35(31)41(29-14-6-3-7-15-29)37(33)24-34(38)32-22-27-19-20-40(36(27)25-39(32)42)28-12-4-2-5-13-28/h2-25H,1H3. The Labute approximate surface area is 243 Å². The van der Waals surface area contributed by atoms with Crippen molar-refractivity contribution in [2.45, 2.75) is 6.92 Å². The Bertz CT molecular complexity index is 2460. The summed E-state index contributed by atoms with van der Waals surface area (Å²) < 4.78 is 7.15. The summed E-state index contributed by atoms with van der Waals surface area (Å²) in [5, 5.41) is 6.28. The number of benzene rings is 6. The molecule has 0 spiro atoms. The van der Waals surface area contributed by atoms with Gasteiger partial charge in [-0.15, -0.1) is 0 Å². The molecule has 6 aromatic carbocycles. The quantitative estimate of drug-likeness (QED) is 0.213. The lowest BCUT2D eigenvalue weighted by atomic mass is 10.1. The Morgan fingerprint density at radius 1 is 0.381 bits per heavy atom. The third-order valence-electron chi connectivity index (χ3n) is 8.68. The molecule has 0 aliphatic carbocycles. The van der Waals surface area contributed by atoms with Crippen LogP contribution in [0.15, 0.2) is 146 Å². The van der Waals surface area contributed by atoms with E-state index in [4.69, 9.17) is 0 Å². The number of rotatable bonds is 3. The zero-order valence-electron chi connectivity index (χ0n) is 23.2. The van der Waals surface area contributed by atoms with E-state index in [1.807, 2.05) is 0 Å². The number of nitrogens with zero attached hydrogens (tertiary/aromatic N) is 3. The molecule has 3 heterocycles. The van der Waals surface area contributed by atoms with Crippen molar-refractivity contribution in [3.05, 3.63) is 151 Å². The van der Waals surface area contributed by atoms with Gasteiger partial charge in [0.15, 0.2) is 0 Å². The van der Waals surface area contributed by atoms with E-state index < -0.39 is 0 Å². The Hall–Kier alpha value is -5.54. The van der Waals surface area contributed by atoms with Crippen LogP contribution in [0.25, 0.3) is 71.6 Å². The van der Waals surface area contributed by atoms with Crippen LogP contribution in [0.5, 0.6) is 0 Å². The average molecular weight is 538 g/mol. The summed E-state index contributed by atoms with van der Waals surface area (Å²) in [6.07, 6.45) is 2.18. The van der Waals surface area contributed by atoms with Crippen LogP contribution in [0.3, 0.4) is 0 Å². The van der Waals surface area contributed by atoms with E-state index in [1.54, 1.807) is 0 Å². The molecule has 42 heavy (non-hydrogen) atoms. The van der Waals surface area contributed by atoms with Crippen LogP contribution in [0, 0.1) is 6.92 Å². The molecule has 3 heteroatoms. The highest BCUT2D eigenvalue weighted by atomic mass is 15.0. The van der Waals surface area contributed by atoms with Crippen molar-refractivity contribution >= 4 is 54.5 Å². The minimum atomic E-state index is 1.17. The Kier molecular flexibility index (Phi) is 4.82. The van der Waals surface area contributed by atoms with Crippen molar-refractivity contribution in [3.63, 3.8) is 0 Å². The molecule has 3 aromatic heterocycles. The molecular weight excluding hydrogens is 510 g/mol.